The summed E-state index contributed by atoms with van der Waals surface area (Å²) in [6, 6.07) is 11.9. The molecule has 178 valence electrons. The number of non-ortho nitro benzene ring substituents is 1. The molecule has 3 rings (SSSR count). The molecule has 0 aliphatic heterocycles. The Morgan fingerprint density at radius 3 is 2.33 bits per heavy atom. The molecule has 8 nitrogen and oxygen atoms in total. The number of esters is 1. The van der Waals surface area contributed by atoms with Crippen LogP contribution >= 0.6 is 11.6 Å². The van der Waals surface area contributed by atoms with Gasteiger partial charge in [0.05, 0.1) is 22.3 Å². The Kier molecular flexibility index (Phi) is 8.45. The molecule has 1 aliphatic carbocycles. The third-order valence-electron chi connectivity index (χ3n) is 5.92. The molecule has 1 fully saturated rings. The Labute approximate surface area is 198 Å². The Morgan fingerprint density at radius 1 is 1.12 bits per heavy atom. The largest absolute Gasteiger partial charge is 0.466 e. The lowest BCUT2D eigenvalue weighted by atomic mass is 9.82. The van der Waals surface area contributed by atoms with E-state index in [1.165, 1.54) is 28.6 Å². The number of hydrogen-bond acceptors (Lipinski definition) is 6. The van der Waals surface area contributed by atoms with E-state index in [2.05, 4.69) is 0 Å². The van der Waals surface area contributed by atoms with E-state index >= 15 is 0 Å². The summed E-state index contributed by atoms with van der Waals surface area (Å²) in [5, 5.41) is 11.4. The lowest BCUT2D eigenvalue weighted by Gasteiger charge is -2.31. The number of sulfonamides is 1. The van der Waals surface area contributed by atoms with E-state index in [1.54, 1.807) is 31.2 Å². The van der Waals surface area contributed by atoms with E-state index in [-0.39, 0.29) is 41.5 Å². The number of benzene rings is 2. The Balaban J connectivity index is 1.81. The molecule has 0 atom stereocenters. The van der Waals surface area contributed by atoms with Crippen molar-refractivity contribution in [2.75, 3.05) is 13.2 Å². The minimum Gasteiger partial charge on any atom is -0.466 e. The summed E-state index contributed by atoms with van der Waals surface area (Å²) in [4.78, 5) is 22.4. The SMILES string of the molecule is CCOC(=O)C1CCC(CN(Cc2ccccc2Cl)S(=O)(=O)c2ccc([N+](=O)[O-])cc2)CC1. The van der Waals surface area contributed by atoms with Gasteiger partial charge in [-0.25, -0.2) is 8.42 Å². The molecule has 0 unspecified atom stereocenters. The highest BCUT2D eigenvalue weighted by molar-refractivity contribution is 7.89. The molecular weight excluding hydrogens is 468 g/mol. The normalized spacial score (nSPS) is 18.8. The average molecular weight is 495 g/mol. The number of carbonyl (C=O) groups is 1. The molecule has 0 N–H and O–H groups in total. The zero-order valence-electron chi connectivity index (χ0n) is 18.4. The maximum Gasteiger partial charge on any atom is 0.308 e. The number of halogens is 1. The smallest absolute Gasteiger partial charge is 0.308 e. The molecule has 0 saturated heterocycles. The number of carbonyl (C=O) groups excluding carboxylic acids is 1. The zero-order chi connectivity index (χ0) is 24.0. The van der Waals surface area contributed by atoms with Crippen LogP contribution in [0.15, 0.2) is 53.4 Å². The van der Waals surface area contributed by atoms with Crippen LogP contribution in [0, 0.1) is 22.0 Å². The van der Waals surface area contributed by atoms with Crippen molar-refractivity contribution in [3.8, 4) is 0 Å². The summed E-state index contributed by atoms with van der Waals surface area (Å²) >= 11 is 6.30. The van der Waals surface area contributed by atoms with Gasteiger partial charge >= 0.3 is 5.97 Å². The minimum atomic E-state index is -3.94. The first-order valence-corrected chi connectivity index (χ1v) is 12.7. The summed E-state index contributed by atoms with van der Waals surface area (Å²) in [7, 11) is -3.94. The Morgan fingerprint density at radius 2 is 1.76 bits per heavy atom. The highest BCUT2D eigenvalue weighted by Crippen LogP contribution is 2.32. The lowest BCUT2D eigenvalue weighted by Crippen LogP contribution is -2.37. The second-order valence-electron chi connectivity index (χ2n) is 8.11. The second kappa shape index (κ2) is 11.1. The van der Waals surface area contributed by atoms with E-state index in [0.717, 1.165) is 0 Å². The van der Waals surface area contributed by atoms with Crippen LogP contribution in [0.4, 0.5) is 5.69 Å². The number of ether oxygens (including phenoxy) is 1. The molecular formula is C23H27ClN2O6S. The fourth-order valence-corrected chi connectivity index (χ4v) is 5.77. The van der Waals surface area contributed by atoms with Gasteiger partial charge in [0.1, 0.15) is 0 Å². The van der Waals surface area contributed by atoms with Crippen molar-refractivity contribution >= 4 is 33.3 Å². The topological polar surface area (TPSA) is 107 Å². The predicted molar refractivity (Wildman–Crippen MR) is 124 cm³/mol. The van der Waals surface area contributed by atoms with E-state index in [1.807, 2.05) is 0 Å². The van der Waals surface area contributed by atoms with E-state index in [0.29, 0.717) is 42.9 Å². The van der Waals surface area contributed by atoms with Crippen molar-refractivity contribution in [3.05, 3.63) is 69.2 Å². The zero-order valence-corrected chi connectivity index (χ0v) is 19.9. The summed E-state index contributed by atoms with van der Waals surface area (Å²) in [5.74, 6) is -0.266. The van der Waals surface area contributed by atoms with E-state index in [9.17, 15) is 23.3 Å². The molecule has 1 saturated carbocycles. The van der Waals surface area contributed by atoms with Crippen LogP contribution in [0.2, 0.25) is 5.02 Å². The predicted octanol–water partition coefficient (Wildman–Crippen LogP) is 4.81. The summed E-state index contributed by atoms with van der Waals surface area (Å²) in [6.45, 7) is 2.47. The van der Waals surface area contributed by atoms with Crippen molar-refractivity contribution in [3.63, 3.8) is 0 Å². The van der Waals surface area contributed by atoms with Crippen LogP contribution in [0.1, 0.15) is 38.2 Å². The van der Waals surface area contributed by atoms with E-state index in [4.69, 9.17) is 16.3 Å². The highest BCUT2D eigenvalue weighted by Gasteiger charge is 2.32. The first kappa shape index (κ1) is 25.1. The van der Waals surface area contributed by atoms with Gasteiger partial charge in [-0.3, -0.25) is 14.9 Å². The molecule has 0 bridgehead atoms. The van der Waals surface area contributed by atoms with Crippen molar-refractivity contribution < 1.29 is 22.9 Å². The van der Waals surface area contributed by atoms with Crippen LogP contribution < -0.4 is 0 Å². The number of hydrogen-bond donors (Lipinski definition) is 0. The summed E-state index contributed by atoms with van der Waals surface area (Å²) < 4.78 is 33.5. The van der Waals surface area contributed by atoms with Gasteiger partial charge in [0.15, 0.2) is 0 Å². The van der Waals surface area contributed by atoms with Crippen molar-refractivity contribution in [2.24, 2.45) is 11.8 Å². The molecule has 0 spiro atoms. The lowest BCUT2D eigenvalue weighted by molar-refractivity contribution is -0.384. The summed E-state index contributed by atoms with van der Waals surface area (Å²) in [6.07, 6.45) is 2.72. The number of rotatable bonds is 9. The first-order chi connectivity index (χ1) is 15.7. The number of nitro groups is 1. The van der Waals surface area contributed by atoms with Crippen molar-refractivity contribution in [1.29, 1.82) is 0 Å². The molecule has 0 amide bonds. The number of nitrogens with zero attached hydrogens (tertiary/aromatic N) is 2. The molecule has 2 aromatic carbocycles. The van der Waals surface area contributed by atoms with Gasteiger partial charge in [-0.1, -0.05) is 29.8 Å². The maximum atomic E-state index is 13.5. The van der Waals surface area contributed by atoms with Crippen LogP contribution in [0.3, 0.4) is 0 Å². The standard InChI is InChI=1S/C23H27ClN2O6S/c1-2-32-23(27)18-9-7-17(8-10-18)15-25(16-19-5-3-4-6-22(19)24)33(30,31)21-13-11-20(12-14-21)26(28)29/h3-6,11-14,17-18H,2,7-10,15-16H2,1H3. The maximum absolute atomic E-state index is 13.5. The van der Waals surface area contributed by atoms with Gasteiger partial charge in [0.25, 0.3) is 5.69 Å². The van der Waals surface area contributed by atoms with Crippen molar-refractivity contribution in [2.45, 2.75) is 44.0 Å². The van der Waals surface area contributed by atoms with Crippen LogP contribution in [0.5, 0.6) is 0 Å². The molecule has 0 heterocycles. The second-order valence-corrected chi connectivity index (χ2v) is 10.5. The van der Waals surface area contributed by atoms with Gasteiger partial charge in [-0.05, 0) is 62.3 Å². The van der Waals surface area contributed by atoms with Crippen LogP contribution in [0.25, 0.3) is 0 Å². The van der Waals surface area contributed by atoms with Gasteiger partial charge in [0, 0.05) is 30.2 Å². The number of nitro benzene ring substituents is 1. The first-order valence-electron chi connectivity index (χ1n) is 10.9. The fourth-order valence-electron chi connectivity index (χ4n) is 4.08. The summed E-state index contributed by atoms with van der Waals surface area (Å²) in [5.41, 5.74) is 0.494. The third kappa shape index (κ3) is 6.31. The molecule has 0 radical (unpaired) electrons. The monoisotopic (exact) mass is 494 g/mol. The van der Waals surface area contributed by atoms with Crippen LogP contribution in [-0.2, 0) is 26.1 Å². The Hall–Kier alpha value is -2.49. The van der Waals surface area contributed by atoms with Gasteiger partial charge < -0.3 is 4.74 Å². The minimum absolute atomic E-state index is 0.0136. The molecule has 0 aromatic heterocycles. The molecule has 10 heteroatoms. The highest BCUT2D eigenvalue weighted by atomic mass is 35.5. The molecule has 33 heavy (non-hydrogen) atoms. The van der Waals surface area contributed by atoms with Gasteiger partial charge in [0.2, 0.25) is 10.0 Å². The third-order valence-corrected chi connectivity index (χ3v) is 8.11. The van der Waals surface area contributed by atoms with E-state index < -0.39 is 14.9 Å². The molecule has 2 aromatic rings. The van der Waals surface area contributed by atoms with Crippen molar-refractivity contribution in [1.82, 2.24) is 4.31 Å². The van der Waals surface area contributed by atoms with Gasteiger partial charge in [-0.2, -0.15) is 4.31 Å². The molecule has 1 aliphatic rings. The van der Waals surface area contributed by atoms with Gasteiger partial charge in [-0.15, -0.1) is 0 Å². The quantitative estimate of drug-likeness (QED) is 0.281. The fraction of sp³-hybridized carbons (Fsp3) is 0.435. The Bertz CT molecular complexity index is 1080. The van der Waals surface area contributed by atoms with Crippen LogP contribution in [-0.4, -0.2) is 36.8 Å². The average Bonchev–Trinajstić information content (AvgIpc) is 2.80.